The summed E-state index contributed by atoms with van der Waals surface area (Å²) in [6.45, 7) is 1.83. The van der Waals surface area contributed by atoms with Gasteiger partial charge in [-0.15, -0.1) is 0 Å². The lowest BCUT2D eigenvalue weighted by molar-refractivity contribution is -0.148. The molecule has 0 heterocycles. The quantitative estimate of drug-likeness (QED) is 0.479. The fourth-order valence-electron chi connectivity index (χ4n) is 2.06. The van der Waals surface area contributed by atoms with E-state index in [-0.39, 0.29) is 19.4 Å². The zero-order valence-corrected chi connectivity index (χ0v) is 13.1. The maximum atomic E-state index is 11.6. The number of rotatable bonds is 6. The van der Waals surface area contributed by atoms with Gasteiger partial charge in [0.25, 0.3) is 20.2 Å². The van der Waals surface area contributed by atoms with Gasteiger partial charge < -0.3 is 4.74 Å². The predicted octanol–water partition coefficient (Wildman–Crippen LogP) is -0.351. The molecule has 0 aliphatic heterocycles. The van der Waals surface area contributed by atoms with Gasteiger partial charge in [0.15, 0.2) is 0 Å². The minimum Gasteiger partial charge on any atom is -0.466 e. The molecular weight excluding hydrogens is 312 g/mol. The van der Waals surface area contributed by atoms with Crippen molar-refractivity contribution in [3.05, 3.63) is 0 Å². The first-order valence-corrected chi connectivity index (χ1v) is 9.58. The second-order valence-electron chi connectivity index (χ2n) is 4.60. The minimum absolute atomic E-state index is 0.0338. The van der Waals surface area contributed by atoms with Crippen LogP contribution >= 0.6 is 0 Å². The molecule has 10 heteroatoms. The first-order chi connectivity index (χ1) is 9.02. The van der Waals surface area contributed by atoms with E-state index in [1.54, 1.807) is 6.92 Å². The number of hydrogen-bond acceptors (Lipinski definition) is 8. The van der Waals surface area contributed by atoms with Crippen LogP contribution in [-0.2, 0) is 38.1 Å². The number of ether oxygens (including phenoxy) is 1. The summed E-state index contributed by atoms with van der Waals surface area (Å²) < 4.78 is 59.0. The fourth-order valence-corrected chi connectivity index (χ4v) is 3.37. The van der Waals surface area contributed by atoms with Crippen molar-refractivity contribution in [3.8, 4) is 0 Å². The highest BCUT2D eigenvalue weighted by molar-refractivity contribution is 7.86. The topological polar surface area (TPSA) is 113 Å². The SMILES string of the molecule is CCOC(=O)C1CC(OS(C)(=O)=O)C(OS(C)(=O)=O)C1. The Kier molecular flexibility index (Phi) is 5.53. The molecule has 0 aromatic carbocycles. The van der Waals surface area contributed by atoms with Crippen molar-refractivity contribution in [2.45, 2.75) is 32.0 Å². The lowest BCUT2D eigenvalue weighted by Crippen LogP contribution is -2.30. The highest BCUT2D eigenvalue weighted by Crippen LogP contribution is 2.33. The normalized spacial score (nSPS) is 27.4. The molecule has 20 heavy (non-hydrogen) atoms. The highest BCUT2D eigenvalue weighted by Gasteiger charge is 2.43. The fraction of sp³-hybridized carbons (Fsp3) is 0.900. The summed E-state index contributed by atoms with van der Waals surface area (Å²) >= 11 is 0. The van der Waals surface area contributed by atoms with Gasteiger partial charge in [-0.2, -0.15) is 16.8 Å². The van der Waals surface area contributed by atoms with E-state index in [1.807, 2.05) is 0 Å². The molecule has 8 nitrogen and oxygen atoms in total. The van der Waals surface area contributed by atoms with Gasteiger partial charge in [-0.3, -0.25) is 13.2 Å². The average Bonchev–Trinajstić information content (AvgIpc) is 2.57. The number of carbonyl (C=O) groups excluding carboxylic acids is 1. The molecule has 0 aromatic heterocycles. The summed E-state index contributed by atoms with van der Waals surface area (Å²) in [7, 11) is -7.57. The molecule has 118 valence electrons. The van der Waals surface area contributed by atoms with Gasteiger partial charge in [-0.05, 0) is 19.8 Å². The lowest BCUT2D eigenvalue weighted by Gasteiger charge is -2.17. The highest BCUT2D eigenvalue weighted by atomic mass is 32.2. The zero-order valence-electron chi connectivity index (χ0n) is 11.4. The summed E-state index contributed by atoms with van der Waals surface area (Å²) in [5.74, 6) is -1.16. The lowest BCUT2D eigenvalue weighted by atomic mass is 10.1. The molecule has 0 radical (unpaired) electrons. The van der Waals surface area contributed by atoms with Gasteiger partial charge in [-0.1, -0.05) is 0 Å². The van der Waals surface area contributed by atoms with Crippen molar-refractivity contribution >= 4 is 26.2 Å². The van der Waals surface area contributed by atoms with E-state index in [1.165, 1.54) is 0 Å². The zero-order chi connectivity index (χ0) is 15.6. The first kappa shape index (κ1) is 17.3. The van der Waals surface area contributed by atoms with Gasteiger partial charge in [0.05, 0.1) is 25.0 Å². The van der Waals surface area contributed by atoms with Crippen LogP contribution in [0.2, 0.25) is 0 Å². The Balaban J connectivity index is 2.85. The van der Waals surface area contributed by atoms with Crippen LogP contribution in [0, 0.1) is 5.92 Å². The van der Waals surface area contributed by atoms with E-state index in [2.05, 4.69) is 0 Å². The molecule has 0 bridgehead atoms. The molecule has 1 fully saturated rings. The monoisotopic (exact) mass is 330 g/mol. The van der Waals surface area contributed by atoms with Gasteiger partial charge in [0, 0.05) is 0 Å². The van der Waals surface area contributed by atoms with E-state index < -0.39 is 44.3 Å². The Morgan fingerprint density at radius 3 is 1.70 bits per heavy atom. The molecule has 1 aliphatic carbocycles. The van der Waals surface area contributed by atoms with Crippen molar-refractivity contribution in [3.63, 3.8) is 0 Å². The Morgan fingerprint density at radius 2 is 1.40 bits per heavy atom. The average molecular weight is 330 g/mol. The van der Waals surface area contributed by atoms with Crippen LogP contribution in [0.4, 0.5) is 0 Å². The molecule has 2 atom stereocenters. The summed E-state index contributed by atoms with van der Waals surface area (Å²) in [4.78, 5) is 11.6. The molecule has 0 saturated heterocycles. The molecule has 0 spiro atoms. The van der Waals surface area contributed by atoms with Crippen LogP contribution < -0.4 is 0 Å². The van der Waals surface area contributed by atoms with Crippen LogP contribution in [0.25, 0.3) is 0 Å². The van der Waals surface area contributed by atoms with Crippen LogP contribution in [0.15, 0.2) is 0 Å². The molecule has 1 aliphatic rings. The molecule has 1 saturated carbocycles. The van der Waals surface area contributed by atoms with Crippen LogP contribution in [0.5, 0.6) is 0 Å². The van der Waals surface area contributed by atoms with Crippen molar-refractivity contribution in [1.29, 1.82) is 0 Å². The van der Waals surface area contributed by atoms with E-state index >= 15 is 0 Å². The first-order valence-electron chi connectivity index (χ1n) is 5.95. The van der Waals surface area contributed by atoms with Crippen molar-refractivity contribution in [2.75, 3.05) is 19.1 Å². The minimum atomic E-state index is -3.78. The van der Waals surface area contributed by atoms with Gasteiger partial charge in [0.1, 0.15) is 12.2 Å². The Hall–Kier alpha value is -0.710. The standard InChI is InChI=1S/C10H18O8S2/c1-4-16-10(11)7-5-8(17-19(2,12)13)9(6-7)18-20(3,14)15/h7-9H,4-6H2,1-3H3. The van der Waals surface area contributed by atoms with Crippen molar-refractivity contribution < 1.29 is 34.7 Å². The van der Waals surface area contributed by atoms with Crippen molar-refractivity contribution in [1.82, 2.24) is 0 Å². The molecule has 0 amide bonds. The maximum absolute atomic E-state index is 11.6. The Morgan fingerprint density at radius 1 is 1.00 bits per heavy atom. The van der Waals surface area contributed by atoms with Gasteiger partial charge >= 0.3 is 5.97 Å². The Bertz CT molecular complexity index is 508. The van der Waals surface area contributed by atoms with E-state index in [0.717, 1.165) is 12.5 Å². The van der Waals surface area contributed by atoms with Crippen LogP contribution in [-0.4, -0.2) is 54.1 Å². The third-order valence-electron chi connectivity index (χ3n) is 2.67. The third kappa shape index (κ3) is 5.73. The number of esters is 1. The van der Waals surface area contributed by atoms with E-state index in [4.69, 9.17) is 13.1 Å². The molecule has 0 N–H and O–H groups in total. The number of hydrogen-bond donors (Lipinski definition) is 0. The van der Waals surface area contributed by atoms with Gasteiger partial charge in [0.2, 0.25) is 0 Å². The second-order valence-corrected chi connectivity index (χ2v) is 7.80. The molecular formula is C10H18O8S2. The predicted molar refractivity (Wildman–Crippen MR) is 68.8 cm³/mol. The molecule has 0 aromatic rings. The molecule has 1 rings (SSSR count). The summed E-state index contributed by atoms with van der Waals surface area (Å²) in [6.07, 6.45) is -0.272. The maximum Gasteiger partial charge on any atom is 0.309 e. The Labute approximate surface area is 118 Å². The summed E-state index contributed by atoms with van der Waals surface area (Å²) in [5, 5.41) is 0. The van der Waals surface area contributed by atoms with Crippen LogP contribution in [0.3, 0.4) is 0 Å². The second kappa shape index (κ2) is 6.37. The molecule has 2 unspecified atom stereocenters. The third-order valence-corrected chi connectivity index (χ3v) is 3.86. The smallest absolute Gasteiger partial charge is 0.309 e. The van der Waals surface area contributed by atoms with Crippen LogP contribution in [0.1, 0.15) is 19.8 Å². The van der Waals surface area contributed by atoms with Crippen molar-refractivity contribution in [2.24, 2.45) is 5.92 Å². The summed E-state index contributed by atoms with van der Waals surface area (Å²) in [6, 6.07) is 0. The van der Waals surface area contributed by atoms with Gasteiger partial charge in [-0.25, -0.2) is 0 Å². The largest absolute Gasteiger partial charge is 0.466 e. The summed E-state index contributed by atoms with van der Waals surface area (Å²) in [5.41, 5.74) is 0. The van der Waals surface area contributed by atoms with E-state index in [9.17, 15) is 21.6 Å². The number of carbonyl (C=O) groups is 1. The van der Waals surface area contributed by atoms with E-state index in [0.29, 0.717) is 0 Å².